The number of aryl methyl sites for hydroxylation is 2. The molecule has 0 spiro atoms. The molecule has 0 aliphatic carbocycles. The third kappa shape index (κ3) is 3.32. The van der Waals surface area contributed by atoms with Crippen molar-refractivity contribution in [2.45, 2.75) is 52.0 Å². The summed E-state index contributed by atoms with van der Waals surface area (Å²) in [6, 6.07) is 1.40. The van der Waals surface area contributed by atoms with E-state index in [-0.39, 0.29) is 12.5 Å². The van der Waals surface area contributed by atoms with E-state index in [0.29, 0.717) is 35.7 Å². The van der Waals surface area contributed by atoms with Crippen LogP contribution in [0.15, 0.2) is 12.3 Å². The van der Waals surface area contributed by atoms with Gasteiger partial charge in [0.25, 0.3) is 5.91 Å². The van der Waals surface area contributed by atoms with Crippen LogP contribution in [0.2, 0.25) is 0 Å². The lowest BCUT2D eigenvalue weighted by molar-refractivity contribution is -0.143. The Balaban J connectivity index is 1.67. The lowest BCUT2D eigenvalue weighted by Crippen LogP contribution is -2.44. The van der Waals surface area contributed by atoms with E-state index in [0.717, 1.165) is 29.8 Å². The predicted molar refractivity (Wildman–Crippen MR) is 95.1 cm³/mol. The van der Waals surface area contributed by atoms with Gasteiger partial charge in [-0.3, -0.25) is 9.48 Å². The minimum absolute atomic E-state index is 0.0914. The summed E-state index contributed by atoms with van der Waals surface area (Å²) in [5.74, 6) is -0.0914. The molecule has 4 rings (SSSR count). The molecule has 0 radical (unpaired) electrons. The van der Waals surface area contributed by atoms with E-state index in [4.69, 9.17) is 4.74 Å². The van der Waals surface area contributed by atoms with Crippen molar-refractivity contribution in [2.24, 2.45) is 0 Å². The molecule has 4 heterocycles. The van der Waals surface area contributed by atoms with Crippen LogP contribution in [0, 0.1) is 13.8 Å². The summed E-state index contributed by atoms with van der Waals surface area (Å²) in [5, 5.41) is 4.08. The van der Waals surface area contributed by atoms with E-state index >= 15 is 0 Å². The lowest BCUT2D eigenvalue weighted by atomic mass is 10.0. The van der Waals surface area contributed by atoms with Gasteiger partial charge < -0.3 is 14.2 Å². The minimum Gasteiger partial charge on any atom is -0.377 e. The van der Waals surface area contributed by atoms with Gasteiger partial charge in [0, 0.05) is 36.2 Å². The van der Waals surface area contributed by atoms with Gasteiger partial charge in [-0.05, 0) is 32.8 Å². The summed E-state index contributed by atoms with van der Waals surface area (Å²) in [6.07, 6.45) is -0.537. The highest BCUT2D eigenvalue weighted by Crippen LogP contribution is 2.33. The zero-order valence-electron chi connectivity index (χ0n) is 15.9. The van der Waals surface area contributed by atoms with Crippen molar-refractivity contribution in [3.63, 3.8) is 0 Å². The largest absolute Gasteiger partial charge is 0.408 e. The Labute approximate surface area is 160 Å². The van der Waals surface area contributed by atoms with Crippen LogP contribution in [0.4, 0.5) is 13.2 Å². The van der Waals surface area contributed by atoms with Gasteiger partial charge in [-0.15, -0.1) is 0 Å². The second-order valence-electron chi connectivity index (χ2n) is 7.42. The fraction of sp³-hybridized carbons (Fsp3) is 0.579. The maximum atomic E-state index is 13.3. The lowest BCUT2D eigenvalue weighted by Gasteiger charge is -2.36. The first-order valence-corrected chi connectivity index (χ1v) is 9.43. The maximum Gasteiger partial charge on any atom is 0.408 e. The van der Waals surface area contributed by atoms with E-state index in [1.807, 2.05) is 12.3 Å². The summed E-state index contributed by atoms with van der Waals surface area (Å²) in [6.45, 7) is 4.13. The molecule has 2 aliphatic heterocycles. The standard InChI is InChI=1S/C19H23F3N4O2/c1-12-17(13(2)26(23-12)11-19(20,21)22)16-10-28-9-8-25(16)18(27)14-5-7-24-6-3-4-15(14)24/h5,7,16H,3-4,6,8-11H2,1-2H3. The van der Waals surface area contributed by atoms with Crippen molar-refractivity contribution in [3.05, 3.63) is 40.5 Å². The van der Waals surface area contributed by atoms with E-state index in [1.54, 1.807) is 18.7 Å². The van der Waals surface area contributed by atoms with Crippen molar-refractivity contribution >= 4 is 5.91 Å². The first-order chi connectivity index (χ1) is 13.3. The molecular weight excluding hydrogens is 373 g/mol. The number of carbonyl (C=O) groups is 1. The van der Waals surface area contributed by atoms with Crippen LogP contribution in [-0.4, -0.2) is 51.1 Å². The van der Waals surface area contributed by atoms with Crippen molar-refractivity contribution in [1.82, 2.24) is 19.2 Å². The SMILES string of the molecule is Cc1nn(CC(F)(F)F)c(C)c1C1COCCN1C(=O)c1ccn2c1CCC2. The topological polar surface area (TPSA) is 52.3 Å². The Hall–Kier alpha value is -2.29. The Morgan fingerprint density at radius 3 is 2.86 bits per heavy atom. The monoisotopic (exact) mass is 396 g/mol. The molecule has 0 bridgehead atoms. The van der Waals surface area contributed by atoms with Gasteiger partial charge in [0.2, 0.25) is 0 Å². The fourth-order valence-corrected chi connectivity index (χ4v) is 4.36. The average molecular weight is 396 g/mol. The molecule has 6 nitrogen and oxygen atoms in total. The number of alkyl halides is 3. The van der Waals surface area contributed by atoms with Crippen LogP contribution in [0.5, 0.6) is 0 Å². The molecule has 2 aliphatic rings. The van der Waals surface area contributed by atoms with Crippen molar-refractivity contribution in [3.8, 4) is 0 Å². The Morgan fingerprint density at radius 1 is 1.32 bits per heavy atom. The second-order valence-corrected chi connectivity index (χ2v) is 7.42. The number of halogens is 3. The summed E-state index contributed by atoms with van der Waals surface area (Å²) < 4.78 is 47.3. The van der Waals surface area contributed by atoms with Crippen LogP contribution < -0.4 is 0 Å². The molecule has 1 fully saturated rings. The minimum atomic E-state index is -4.36. The Kier molecular flexibility index (Phi) is 4.73. The van der Waals surface area contributed by atoms with E-state index in [1.165, 1.54) is 0 Å². The van der Waals surface area contributed by atoms with Crippen molar-refractivity contribution < 1.29 is 22.7 Å². The smallest absolute Gasteiger partial charge is 0.377 e. The molecule has 1 saturated heterocycles. The van der Waals surface area contributed by atoms with Crippen LogP contribution in [0.1, 0.15) is 45.5 Å². The number of hydrogen-bond acceptors (Lipinski definition) is 3. The zero-order valence-corrected chi connectivity index (χ0v) is 15.9. The van der Waals surface area contributed by atoms with Gasteiger partial charge in [0.1, 0.15) is 6.54 Å². The fourth-order valence-electron chi connectivity index (χ4n) is 4.36. The number of fused-ring (bicyclic) bond motifs is 1. The van der Waals surface area contributed by atoms with Crippen LogP contribution >= 0.6 is 0 Å². The van der Waals surface area contributed by atoms with Gasteiger partial charge in [-0.2, -0.15) is 18.3 Å². The Bertz CT molecular complexity index is 900. The highest BCUT2D eigenvalue weighted by Gasteiger charge is 2.36. The summed E-state index contributed by atoms with van der Waals surface area (Å²) in [5.41, 5.74) is 3.29. The van der Waals surface area contributed by atoms with Gasteiger partial charge in [-0.1, -0.05) is 0 Å². The maximum absolute atomic E-state index is 13.3. The summed E-state index contributed by atoms with van der Waals surface area (Å²) in [7, 11) is 0. The number of carbonyl (C=O) groups excluding carboxylic acids is 1. The summed E-state index contributed by atoms with van der Waals surface area (Å²) >= 11 is 0. The second kappa shape index (κ2) is 6.95. The van der Waals surface area contributed by atoms with Gasteiger partial charge in [0.05, 0.1) is 30.5 Å². The predicted octanol–water partition coefficient (Wildman–Crippen LogP) is 3.02. The molecule has 0 aromatic carbocycles. The van der Waals surface area contributed by atoms with Crippen LogP contribution in [0.25, 0.3) is 0 Å². The molecule has 1 amide bonds. The quantitative estimate of drug-likeness (QED) is 0.802. The Morgan fingerprint density at radius 2 is 2.11 bits per heavy atom. The van der Waals surface area contributed by atoms with Crippen molar-refractivity contribution in [2.75, 3.05) is 19.8 Å². The number of nitrogens with zero attached hydrogens (tertiary/aromatic N) is 4. The van der Waals surface area contributed by atoms with E-state index in [9.17, 15) is 18.0 Å². The number of ether oxygens (including phenoxy) is 1. The van der Waals surface area contributed by atoms with Gasteiger partial charge >= 0.3 is 6.18 Å². The molecule has 152 valence electrons. The molecule has 2 aromatic rings. The van der Waals surface area contributed by atoms with E-state index in [2.05, 4.69) is 9.67 Å². The molecule has 1 atom stereocenters. The van der Waals surface area contributed by atoms with E-state index < -0.39 is 18.8 Å². The first kappa shape index (κ1) is 19.0. The highest BCUT2D eigenvalue weighted by atomic mass is 19.4. The van der Waals surface area contributed by atoms with Crippen LogP contribution in [-0.2, 0) is 24.2 Å². The average Bonchev–Trinajstić information content (AvgIpc) is 3.29. The number of rotatable bonds is 3. The molecular formula is C19H23F3N4O2. The highest BCUT2D eigenvalue weighted by molar-refractivity contribution is 5.96. The third-order valence-electron chi connectivity index (χ3n) is 5.61. The number of amides is 1. The normalized spacial score (nSPS) is 19.9. The molecule has 0 N–H and O–H groups in total. The number of hydrogen-bond donors (Lipinski definition) is 0. The molecule has 1 unspecified atom stereocenters. The van der Waals surface area contributed by atoms with Gasteiger partial charge in [0.15, 0.2) is 0 Å². The molecule has 28 heavy (non-hydrogen) atoms. The van der Waals surface area contributed by atoms with Crippen molar-refractivity contribution in [1.29, 1.82) is 0 Å². The summed E-state index contributed by atoms with van der Waals surface area (Å²) in [4.78, 5) is 15.0. The molecule has 9 heteroatoms. The van der Waals surface area contributed by atoms with Crippen LogP contribution in [0.3, 0.4) is 0 Å². The number of aromatic nitrogens is 3. The zero-order chi connectivity index (χ0) is 20.1. The molecule has 2 aromatic heterocycles. The van der Waals surface area contributed by atoms with Gasteiger partial charge in [-0.25, -0.2) is 0 Å². The third-order valence-corrected chi connectivity index (χ3v) is 5.61. The first-order valence-electron chi connectivity index (χ1n) is 9.43. The number of morpholine rings is 1. The molecule has 0 saturated carbocycles.